The summed E-state index contributed by atoms with van der Waals surface area (Å²) >= 11 is 0. The maximum absolute atomic E-state index is 11.8. The first-order chi connectivity index (χ1) is 8.13. The van der Waals surface area contributed by atoms with Crippen LogP contribution >= 0.6 is 0 Å². The van der Waals surface area contributed by atoms with Gasteiger partial charge in [0.2, 0.25) is 0 Å². The van der Waals surface area contributed by atoms with E-state index in [0.717, 1.165) is 6.42 Å². The smallest absolute Gasteiger partial charge is 0.303 e. The van der Waals surface area contributed by atoms with Crippen molar-refractivity contribution >= 4 is 11.9 Å². The highest BCUT2D eigenvalue weighted by Crippen LogP contribution is 2.05. The second-order valence-corrected chi connectivity index (χ2v) is 3.88. The molecule has 4 heteroatoms. The van der Waals surface area contributed by atoms with Crippen molar-refractivity contribution in [3.05, 3.63) is 35.9 Å². The summed E-state index contributed by atoms with van der Waals surface area (Å²) in [5.41, 5.74) is 0.598. The Balaban J connectivity index is 2.51. The summed E-state index contributed by atoms with van der Waals surface area (Å²) in [7, 11) is 0. The number of aliphatic carboxylic acids is 1. The number of benzene rings is 1. The number of hydrogen-bond acceptors (Lipinski definition) is 2. The molecule has 0 saturated carbocycles. The number of carboxylic acid groups (broad SMARTS) is 1. The Labute approximate surface area is 101 Å². The normalized spacial score (nSPS) is 11.8. The number of carboxylic acids is 1. The van der Waals surface area contributed by atoms with Gasteiger partial charge in [-0.2, -0.15) is 0 Å². The van der Waals surface area contributed by atoms with E-state index in [4.69, 9.17) is 5.11 Å². The number of hydrogen-bond donors (Lipinski definition) is 2. The Kier molecular flexibility index (Phi) is 5.20. The van der Waals surface area contributed by atoms with E-state index in [2.05, 4.69) is 5.32 Å². The molecule has 0 unspecified atom stereocenters. The third-order valence-corrected chi connectivity index (χ3v) is 2.57. The lowest BCUT2D eigenvalue weighted by molar-refractivity contribution is -0.137. The maximum atomic E-state index is 11.8. The fourth-order valence-electron chi connectivity index (χ4n) is 1.53. The Hall–Kier alpha value is -1.84. The van der Waals surface area contributed by atoms with Crippen molar-refractivity contribution in [3.63, 3.8) is 0 Å². The van der Waals surface area contributed by atoms with Crippen molar-refractivity contribution in [3.8, 4) is 0 Å². The number of carbonyl (C=O) groups is 2. The summed E-state index contributed by atoms with van der Waals surface area (Å²) in [6.45, 7) is 1.93. The van der Waals surface area contributed by atoms with Crippen molar-refractivity contribution in [2.24, 2.45) is 0 Å². The van der Waals surface area contributed by atoms with E-state index in [0.29, 0.717) is 12.0 Å². The van der Waals surface area contributed by atoms with Crippen LogP contribution in [0.5, 0.6) is 0 Å². The predicted molar refractivity (Wildman–Crippen MR) is 64.9 cm³/mol. The van der Waals surface area contributed by atoms with E-state index in [9.17, 15) is 9.59 Å². The van der Waals surface area contributed by atoms with Crippen molar-refractivity contribution in [1.82, 2.24) is 5.32 Å². The fraction of sp³-hybridized carbons (Fsp3) is 0.385. The number of rotatable bonds is 6. The molecule has 1 aromatic carbocycles. The second kappa shape index (κ2) is 6.68. The van der Waals surface area contributed by atoms with Crippen LogP contribution in [0, 0.1) is 0 Å². The average Bonchev–Trinajstić information content (AvgIpc) is 2.35. The third-order valence-electron chi connectivity index (χ3n) is 2.57. The van der Waals surface area contributed by atoms with Crippen LogP contribution in [-0.4, -0.2) is 23.0 Å². The molecule has 4 nitrogen and oxygen atoms in total. The molecule has 0 fully saturated rings. The number of amides is 1. The van der Waals surface area contributed by atoms with E-state index in [1.54, 1.807) is 24.3 Å². The quantitative estimate of drug-likeness (QED) is 0.793. The highest BCUT2D eigenvalue weighted by Gasteiger charge is 2.12. The molecule has 1 amide bonds. The van der Waals surface area contributed by atoms with Crippen LogP contribution in [0.25, 0.3) is 0 Å². The Morgan fingerprint density at radius 2 is 1.94 bits per heavy atom. The lowest BCUT2D eigenvalue weighted by Gasteiger charge is -2.15. The molecule has 0 saturated heterocycles. The minimum absolute atomic E-state index is 0.0770. The summed E-state index contributed by atoms with van der Waals surface area (Å²) in [4.78, 5) is 22.3. The van der Waals surface area contributed by atoms with Gasteiger partial charge >= 0.3 is 5.97 Å². The number of carbonyl (C=O) groups excluding carboxylic acids is 1. The topological polar surface area (TPSA) is 66.4 Å². The zero-order chi connectivity index (χ0) is 12.7. The van der Waals surface area contributed by atoms with Gasteiger partial charge in [0.15, 0.2) is 0 Å². The highest BCUT2D eigenvalue weighted by atomic mass is 16.4. The molecular weight excluding hydrogens is 218 g/mol. The van der Waals surface area contributed by atoms with Crippen molar-refractivity contribution in [1.29, 1.82) is 0 Å². The first-order valence-corrected chi connectivity index (χ1v) is 5.71. The van der Waals surface area contributed by atoms with Crippen molar-refractivity contribution < 1.29 is 14.7 Å². The monoisotopic (exact) mass is 235 g/mol. The minimum atomic E-state index is -0.836. The second-order valence-electron chi connectivity index (χ2n) is 3.88. The third kappa shape index (κ3) is 4.68. The van der Waals surface area contributed by atoms with Crippen LogP contribution in [0.4, 0.5) is 0 Å². The van der Waals surface area contributed by atoms with Crippen molar-refractivity contribution in [2.45, 2.75) is 32.2 Å². The Bertz CT molecular complexity index is 376. The molecule has 92 valence electrons. The molecule has 0 bridgehead atoms. The van der Waals surface area contributed by atoms with E-state index >= 15 is 0 Å². The largest absolute Gasteiger partial charge is 0.481 e. The van der Waals surface area contributed by atoms with Crippen LogP contribution in [-0.2, 0) is 4.79 Å². The van der Waals surface area contributed by atoms with E-state index < -0.39 is 5.97 Å². The fourth-order valence-corrected chi connectivity index (χ4v) is 1.53. The molecule has 0 aliphatic rings. The van der Waals surface area contributed by atoms with Gasteiger partial charge in [0, 0.05) is 18.0 Å². The molecule has 0 radical (unpaired) electrons. The summed E-state index contributed by atoms with van der Waals surface area (Å²) in [5.74, 6) is -0.986. The molecule has 1 rings (SSSR count). The Morgan fingerprint density at radius 1 is 1.29 bits per heavy atom. The van der Waals surface area contributed by atoms with Gasteiger partial charge in [-0.25, -0.2) is 0 Å². The molecule has 0 aromatic heterocycles. The van der Waals surface area contributed by atoms with Crippen LogP contribution in [0.3, 0.4) is 0 Å². The summed E-state index contributed by atoms with van der Waals surface area (Å²) < 4.78 is 0. The molecule has 0 spiro atoms. The minimum Gasteiger partial charge on any atom is -0.481 e. The predicted octanol–water partition coefficient (Wildman–Crippen LogP) is 2.06. The maximum Gasteiger partial charge on any atom is 0.303 e. The first kappa shape index (κ1) is 13.2. The van der Waals surface area contributed by atoms with E-state index in [1.807, 2.05) is 13.0 Å². The molecule has 0 heterocycles. The van der Waals surface area contributed by atoms with Crippen LogP contribution in [0.1, 0.15) is 36.5 Å². The molecule has 1 atom stereocenters. The van der Waals surface area contributed by atoms with Gasteiger partial charge in [-0.15, -0.1) is 0 Å². The van der Waals surface area contributed by atoms with Gasteiger partial charge in [0.05, 0.1) is 0 Å². The van der Waals surface area contributed by atoms with Gasteiger partial charge in [0.1, 0.15) is 0 Å². The average molecular weight is 235 g/mol. The lowest BCUT2D eigenvalue weighted by atomic mass is 10.1. The van der Waals surface area contributed by atoms with Crippen LogP contribution in [0.2, 0.25) is 0 Å². The van der Waals surface area contributed by atoms with Gasteiger partial charge in [-0.05, 0) is 25.0 Å². The van der Waals surface area contributed by atoms with E-state index in [-0.39, 0.29) is 18.4 Å². The van der Waals surface area contributed by atoms with Gasteiger partial charge < -0.3 is 10.4 Å². The van der Waals surface area contributed by atoms with Gasteiger partial charge in [-0.3, -0.25) is 9.59 Å². The molecule has 1 aromatic rings. The van der Waals surface area contributed by atoms with Crippen molar-refractivity contribution in [2.75, 3.05) is 0 Å². The van der Waals surface area contributed by atoms with E-state index in [1.165, 1.54) is 0 Å². The first-order valence-electron chi connectivity index (χ1n) is 5.71. The molecule has 2 N–H and O–H groups in total. The zero-order valence-electron chi connectivity index (χ0n) is 9.85. The standard InChI is InChI=1S/C13H17NO3/c1-2-11(8-9-12(15)16)14-13(17)10-6-4-3-5-7-10/h3-7,11H,2,8-9H2,1H3,(H,14,17)(H,15,16)/t11-/m0/s1. The molecule has 0 aliphatic heterocycles. The van der Waals surface area contributed by atoms with Gasteiger partial charge in [0.25, 0.3) is 5.91 Å². The van der Waals surface area contributed by atoms with Gasteiger partial charge in [-0.1, -0.05) is 25.1 Å². The number of nitrogens with one attached hydrogen (secondary N) is 1. The Morgan fingerprint density at radius 3 is 2.47 bits per heavy atom. The molecule has 0 aliphatic carbocycles. The zero-order valence-corrected chi connectivity index (χ0v) is 9.85. The van der Waals surface area contributed by atoms with Crippen LogP contribution < -0.4 is 5.32 Å². The SMILES string of the molecule is CC[C@@H](CCC(=O)O)NC(=O)c1ccccc1. The highest BCUT2D eigenvalue weighted by molar-refractivity contribution is 5.94. The lowest BCUT2D eigenvalue weighted by Crippen LogP contribution is -2.34. The summed E-state index contributed by atoms with van der Waals surface area (Å²) in [5, 5.41) is 11.4. The molecule has 17 heavy (non-hydrogen) atoms. The summed E-state index contributed by atoms with van der Waals surface area (Å²) in [6, 6.07) is 8.83. The van der Waals surface area contributed by atoms with Crippen LogP contribution in [0.15, 0.2) is 30.3 Å². The molecular formula is C13H17NO3. The summed E-state index contributed by atoms with van der Waals surface area (Å²) in [6.07, 6.45) is 1.27.